The Kier molecular flexibility index (Phi) is 9.03. The molecule has 0 N–H and O–H groups in total. The smallest absolute Gasteiger partial charge is 0.387 e. The molecule has 5 rings (SSSR count). The van der Waals surface area contributed by atoms with Gasteiger partial charge in [0.2, 0.25) is 5.88 Å². The molecule has 9 nitrogen and oxygen atoms in total. The maximum atomic E-state index is 14.0. The number of carbonyl (C=O) groups is 1. The van der Waals surface area contributed by atoms with Crippen LogP contribution in [0, 0.1) is 5.82 Å². The van der Waals surface area contributed by atoms with Gasteiger partial charge in [0, 0.05) is 31.2 Å². The van der Waals surface area contributed by atoms with Crippen molar-refractivity contribution in [3.63, 3.8) is 0 Å². The van der Waals surface area contributed by atoms with E-state index in [2.05, 4.69) is 19.6 Å². The Morgan fingerprint density at radius 3 is 2.60 bits per heavy atom. The lowest BCUT2D eigenvalue weighted by Crippen LogP contribution is -2.38. The molecule has 1 fully saturated rings. The van der Waals surface area contributed by atoms with E-state index in [0.717, 1.165) is 12.8 Å². The van der Waals surface area contributed by atoms with Crippen LogP contribution in [0.3, 0.4) is 0 Å². The molecule has 0 amide bonds. The molecule has 2 aromatic carbocycles. The molecule has 1 aliphatic heterocycles. The van der Waals surface area contributed by atoms with Crippen LogP contribution >= 0.6 is 11.6 Å². The minimum atomic E-state index is -3.07. The Morgan fingerprint density at radius 2 is 1.88 bits per heavy atom. The summed E-state index contributed by atoms with van der Waals surface area (Å²) in [5.41, 5.74) is 1.41. The van der Waals surface area contributed by atoms with Crippen LogP contribution in [-0.4, -0.2) is 58.3 Å². The summed E-state index contributed by atoms with van der Waals surface area (Å²) in [7, 11) is 2.98. The molecule has 3 heterocycles. The zero-order chi connectivity index (χ0) is 29.8. The Bertz CT molecular complexity index is 1580. The second-order valence-corrected chi connectivity index (χ2v) is 10.2. The predicted octanol–water partition coefficient (Wildman–Crippen LogP) is 5.77. The van der Waals surface area contributed by atoms with Crippen LogP contribution in [0.4, 0.5) is 13.2 Å². The van der Waals surface area contributed by atoms with Crippen LogP contribution in [0.5, 0.6) is 17.4 Å². The lowest BCUT2D eigenvalue weighted by molar-refractivity contribution is -0.0489. The number of nitrogens with zero attached hydrogens (tertiary/aromatic N) is 4. The van der Waals surface area contributed by atoms with Crippen LogP contribution in [0.1, 0.15) is 34.7 Å². The maximum absolute atomic E-state index is 14.0. The lowest BCUT2D eigenvalue weighted by atomic mass is 10.1. The second-order valence-electron chi connectivity index (χ2n) is 9.72. The van der Waals surface area contributed by atoms with E-state index in [-0.39, 0.29) is 40.3 Å². The fraction of sp³-hybridized carbons (Fsp3) is 0.345. The van der Waals surface area contributed by atoms with Gasteiger partial charge in [-0.05, 0) is 49.2 Å². The highest BCUT2D eigenvalue weighted by atomic mass is 35.5. The molecular formula is C29H28ClF3N4O5. The van der Waals surface area contributed by atoms with E-state index in [1.165, 1.54) is 25.3 Å². The van der Waals surface area contributed by atoms with Gasteiger partial charge in [0.1, 0.15) is 24.1 Å². The van der Waals surface area contributed by atoms with Gasteiger partial charge in [0.25, 0.3) is 0 Å². The zero-order valence-electron chi connectivity index (χ0n) is 22.9. The van der Waals surface area contributed by atoms with Gasteiger partial charge in [-0.15, -0.1) is 0 Å². The van der Waals surface area contributed by atoms with Gasteiger partial charge in [0.05, 0.1) is 30.4 Å². The SMILES string of the molecule is COC(=O)c1cc(OC(F)F)c2nc(CN3CCC(Oc4cccc(COc5ccc(Cl)cc5F)n4)CC3)n(C)c2c1. The summed E-state index contributed by atoms with van der Waals surface area (Å²) in [5, 5.41) is 0.288. The normalized spacial score (nSPS) is 14.4. The first kappa shape index (κ1) is 29.5. The standard InChI is InChI=1S/C29H28ClF3N4O5/c1-36-22-12-17(28(38)39-2)13-24(42-29(32)33)27(22)35-25(36)15-37-10-8-20(9-11-37)41-26-5-3-4-19(34-26)16-40-23-7-6-18(30)14-21(23)31/h3-7,12-14,20,29H,8-11,15-16H2,1-2H3. The number of rotatable bonds is 10. The average molecular weight is 605 g/mol. The molecule has 42 heavy (non-hydrogen) atoms. The summed E-state index contributed by atoms with van der Waals surface area (Å²) in [6, 6.07) is 12.3. The van der Waals surface area contributed by atoms with E-state index in [0.29, 0.717) is 42.5 Å². The number of aromatic nitrogens is 3. The monoisotopic (exact) mass is 604 g/mol. The second kappa shape index (κ2) is 12.9. The molecule has 13 heteroatoms. The first-order valence-electron chi connectivity index (χ1n) is 13.2. The van der Waals surface area contributed by atoms with Crippen molar-refractivity contribution >= 4 is 28.6 Å². The molecule has 2 aromatic heterocycles. The molecular weight excluding hydrogens is 577 g/mol. The number of piperidine rings is 1. The molecule has 0 atom stereocenters. The van der Waals surface area contributed by atoms with Gasteiger partial charge in [-0.3, -0.25) is 4.90 Å². The van der Waals surface area contributed by atoms with E-state index >= 15 is 0 Å². The number of imidazole rings is 1. The minimum Gasteiger partial charge on any atom is -0.484 e. The largest absolute Gasteiger partial charge is 0.484 e. The summed E-state index contributed by atoms with van der Waals surface area (Å²) < 4.78 is 63.0. The zero-order valence-corrected chi connectivity index (χ0v) is 23.6. The van der Waals surface area contributed by atoms with Crippen LogP contribution in [-0.2, 0) is 24.9 Å². The highest BCUT2D eigenvalue weighted by Crippen LogP contribution is 2.30. The number of halogens is 4. The van der Waals surface area contributed by atoms with Crippen LogP contribution in [0.2, 0.25) is 5.02 Å². The van der Waals surface area contributed by atoms with Crippen molar-refractivity contribution in [1.82, 2.24) is 19.4 Å². The topological polar surface area (TPSA) is 87.9 Å². The quantitative estimate of drug-likeness (QED) is 0.211. The Morgan fingerprint density at radius 1 is 1.10 bits per heavy atom. The minimum absolute atomic E-state index is 0.0623. The number of hydrogen-bond donors (Lipinski definition) is 0. The van der Waals surface area contributed by atoms with Crippen molar-refractivity contribution in [1.29, 1.82) is 0 Å². The molecule has 0 saturated carbocycles. The Balaban J connectivity index is 1.19. The number of esters is 1. The Labute approximate surface area is 244 Å². The van der Waals surface area contributed by atoms with Gasteiger partial charge < -0.3 is 23.5 Å². The lowest BCUT2D eigenvalue weighted by Gasteiger charge is -2.31. The van der Waals surface area contributed by atoms with E-state index in [1.807, 2.05) is 0 Å². The average Bonchev–Trinajstić information content (AvgIpc) is 3.28. The van der Waals surface area contributed by atoms with Crippen molar-refractivity contribution in [3.05, 3.63) is 76.5 Å². The summed E-state index contributed by atoms with van der Waals surface area (Å²) in [6.45, 7) is -1.12. The molecule has 1 aliphatic rings. The summed E-state index contributed by atoms with van der Waals surface area (Å²) in [6.07, 6.45) is 1.40. The van der Waals surface area contributed by atoms with Crippen LogP contribution in [0.25, 0.3) is 11.0 Å². The Hall–Kier alpha value is -4.03. The number of hydrogen-bond acceptors (Lipinski definition) is 8. The van der Waals surface area contributed by atoms with E-state index in [4.69, 9.17) is 25.8 Å². The highest BCUT2D eigenvalue weighted by Gasteiger charge is 2.24. The predicted molar refractivity (Wildman–Crippen MR) is 148 cm³/mol. The molecule has 0 radical (unpaired) electrons. The van der Waals surface area contributed by atoms with Gasteiger partial charge in [-0.25, -0.2) is 19.2 Å². The number of carbonyl (C=O) groups excluding carboxylic acids is 1. The number of ether oxygens (including phenoxy) is 4. The van der Waals surface area contributed by atoms with Crippen molar-refractivity contribution in [3.8, 4) is 17.4 Å². The van der Waals surface area contributed by atoms with Crippen LogP contribution in [0.15, 0.2) is 48.5 Å². The van der Waals surface area contributed by atoms with Gasteiger partial charge in [-0.2, -0.15) is 8.78 Å². The third kappa shape index (κ3) is 6.88. The fourth-order valence-corrected chi connectivity index (χ4v) is 4.93. The van der Waals surface area contributed by atoms with Gasteiger partial charge >= 0.3 is 12.6 Å². The maximum Gasteiger partial charge on any atom is 0.387 e. The fourth-order valence-electron chi connectivity index (χ4n) is 4.77. The van der Waals surface area contributed by atoms with Crippen molar-refractivity contribution in [2.75, 3.05) is 20.2 Å². The number of methoxy groups -OCH3 is 1. The summed E-state index contributed by atoms with van der Waals surface area (Å²) in [5.74, 6) is -0.221. The van der Waals surface area contributed by atoms with Crippen LogP contribution < -0.4 is 14.2 Å². The van der Waals surface area contributed by atoms with E-state index < -0.39 is 18.4 Å². The van der Waals surface area contributed by atoms with Crippen molar-refractivity contribution in [2.24, 2.45) is 7.05 Å². The van der Waals surface area contributed by atoms with Gasteiger partial charge in [-0.1, -0.05) is 17.7 Å². The molecule has 222 valence electrons. The highest BCUT2D eigenvalue weighted by molar-refractivity contribution is 6.30. The van der Waals surface area contributed by atoms with Crippen molar-refractivity contribution < 1.29 is 36.9 Å². The third-order valence-electron chi connectivity index (χ3n) is 6.92. The number of fused-ring (bicyclic) bond motifs is 1. The number of pyridine rings is 1. The molecule has 0 aliphatic carbocycles. The molecule has 4 aromatic rings. The summed E-state index contributed by atoms with van der Waals surface area (Å²) in [4.78, 5) is 23.3. The van der Waals surface area contributed by atoms with Crippen molar-refractivity contribution in [2.45, 2.75) is 38.7 Å². The van der Waals surface area contributed by atoms with Gasteiger partial charge in [0.15, 0.2) is 17.3 Å². The number of benzene rings is 2. The molecule has 0 unspecified atom stereocenters. The first-order chi connectivity index (χ1) is 20.2. The number of likely N-dealkylation sites (tertiary alicyclic amines) is 1. The number of aryl methyl sites for hydroxylation is 1. The first-order valence-corrected chi connectivity index (χ1v) is 13.5. The van der Waals surface area contributed by atoms with E-state index in [9.17, 15) is 18.0 Å². The molecule has 0 spiro atoms. The summed E-state index contributed by atoms with van der Waals surface area (Å²) >= 11 is 5.79. The van der Waals surface area contributed by atoms with E-state index in [1.54, 1.807) is 41.9 Å². The third-order valence-corrected chi connectivity index (χ3v) is 7.15. The molecule has 0 bridgehead atoms. The number of alkyl halides is 2. The molecule has 1 saturated heterocycles.